The molecule has 0 fully saturated rings. The first-order valence-electron chi connectivity index (χ1n) is 9.82. The molecular weight excluding hydrogens is 378 g/mol. The van der Waals surface area contributed by atoms with Crippen LogP contribution in [-0.4, -0.2) is 26.7 Å². The van der Waals surface area contributed by atoms with Gasteiger partial charge < -0.3 is 0 Å². The summed E-state index contributed by atoms with van der Waals surface area (Å²) in [6.45, 7) is 5.24. The molecular formula is C25H27NO2S. The molecule has 3 aromatic carbocycles. The largest absolute Gasteiger partial charge is 0.297 e. The minimum absolute atomic E-state index is 0.00392. The van der Waals surface area contributed by atoms with Gasteiger partial charge in [-0.1, -0.05) is 78.4 Å². The van der Waals surface area contributed by atoms with Crippen LogP contribution in [0.4, 0.5) is 0 Å². The highest BCUT2D eigenvalue weighted by molar-refractivity contribution is 7.85. The number of hydrogen-bond acceptors (Lipinski definition) is 3. The fourth-order valence-electron chi connectivity index (χ4n) is 3.19. The van der Waals surface area contributed by atoms with Gasteiger partial charge in [-0.3, -0.25) is 13.9 Å². The normalized spacial score (nSPS) is 13.2. The predicted octanol–water partition coefficient (Wildman–Crippen LogP) is 4.76. The number of hydrogen-bond donors (Lipinski definition) is 0. The van der Waals surface area contributed by atoms with Crippen molar-refractivity contribution in [3.8, 4) is 0 Å². The molecule has 3 aromatic rings. The van der Waals surface area contributed by atoms with Gasteiger partial charge in [0.1, 0.15) is 0 Å². The standard InChI is InChI=1S/C25H27NO2S/c1-20-13-15-24(16-14-20)29(28)19-25(27)21(2)26(17-22-9-5-3-6-10-22)18-23-11-7-4-8-12-23/h3-16,21H,17-19H2,1-2H3/t21-,29?/m0/s1. The van der Waals surface area contributed by atoms with Gasteiger partial charge in [0.15, 0.2) is 5.78 Å². The van der Waals surface area contributed by atoms with E-state index in [0.717, 1.165) is 16.7 Å². The van der Waals surface area contributed by atoms with Crippen molar-refractivity contribution < 1.29 is 9.00 Å². The lowest BCUT2D eigenvalue weighted by Gasteiger charge is -2.28. The lowest BCUT2D eigenvalue weighted by molar-refractivity contribution is -0.121. The molecule has 0 heterocycles. The van der Waals surface area contributed by atoms with Gasteiger partial charge in [-0.2, -0.15) is 0 Å². The highest BCUT2D eigenvalue weighted by atomic mass is 32.2. The maximum absolute atomic E-state index is 13.0. The summed E-state index contributed by atoms with van der Waals surface area (Å²) in [7, 11) is -1.33. The third-order valence-corrected chi connectivity index (χ3v) is 6.37. The molecule has 0 aromatic heterocycles. The molecule has 1 unspecified atom stereocenters. The molecule has 150 valence electrons. The van der Waals surface area contributed by atoms with E-state index in [-0.39, 0.29) is 17.6 Å². The molecule has 0 N–H and O–H groups in total. The lowest BCUT2D eigenvalue weighted by atomic mass is 10.1. The Bertz CT molecular complexity index is 898. The Kier molecular flexibility index (Phi) is 7.50. The first kappa shape index (κ1) is 21.2. The molecule has 29 heavy (non-hydrogen) atoms. The van der Waals surface area contributed by atoms with Crippen LogP contribution in [0.5, 0.6) is 0 Å². The molecule has 0 radical (unpaired) electrons. The van der Waals surface area contributed by atoms with E-state index in [0.29, 0.717) is 18.0 Å². The second-order valence-corrected chi connectivity index (χ2v) is 8.77. The van der Waals surface area contributed by atoms with E-state index in [9.17, 15) is 9.00 Å². The van der Waals surface area contributed by atoms with E-state index < -0.39 is 10.8 Å². The molecule has 3 nitrogen and oxygen atoms in total. The SMILES string of the molecule is Cc1ccc(S(=O)CC(=O)[C@H](C)N(Cc2ccccc2)Cc2ccccc2)cc1. The van der Waals surface area contributed by atoms with Crippen LogP contribution in [0, 0.1) is 6.92 Å². The van der Waals surface area contributed by atoms with Gasteiger partial charge in [-0.25, -0.2) is 0 Å². The molecule has 2 atom stereocenters. The van der Waals surface area contributed by atoms with Crippen LogP contribution in [0.3, 0.4) is 0 Å². The molecule has 4 heteroatoms. The number of rotatable bonds is 9. The fourth-order valence-corrected chi connectivity index (χ4v) is 4.30. The van der Waals surface area contributed by atoms with Gasteiger partial charge >= 0.3 is 0 Å². The molecule has 0 saturated carbocycles. The Hall–Kier alpha value is -2.56. The van der Waals surface area contributed by atoms with Crippen LogP contribution in [0.25, 0.3) is 0 Å². The number of Topliss-reactive ketones (excluding diaryl/α,β-unsaturated/α-hetero) is 1. The smallest absolute Gasteiger partial charge is 0.162 e. The maximum atomic E-state index is 13.0. The quantitative estimate of drug-likeness (QED) is 0.515. The van der Waals surface area contributed by atoms with Crippen molar-refractivity contribution in [1.29, 1.82) is 0 Å². The molecule has 0 aliphatic rings. The van der Waals surface area contributed by atoms with Crippen molar-refractivity contribution in [3.63, 3.8) is 0 Å². The lowest BCUT2D eigenvalue weighted by Crippen LogP contribution is -2.40. The van der Waals surface area contributed by atoms with Gasteiger partial charge in [0.05, 0.1) is 22.6 Å². The summed E-state index contributed by atoms with van der Waals surface area (Å²) < 4.78 is 12.7. The fraction of sp³-hybridized carbons (Fsp3) is 0.240. The van der Waals surface area contributed by atoms with Crippen LogP contribution >= 0.6 is 0 Å². The monoisotopic (exact) mass is 405 g/mol. The summed E-state index contributed by atoms with van der Waals surface area (Å²) in [6.07, 6.45) is 0. The summed E-state index contributed by atoms with van der Waals surface area (Å²) >= 11 is 0. The summed E-state index contributed by atoms with van der Waals surface area (Å²) in [5.41, 5.74) is 3.42. The Labute approximate surface area is 175 Å². The highest BCUT2D eigenvalue weighted by Gasteiger charge is 2.23. The van der Waals surface area contributed by atoms with E-state index >= 15 is 0 Å². The zero-order chi connectivity index (χ0) is 20.6. The van der Waals surface area contributed by atoms with Gasteiger partial charge in [0.25, 0.3) is 0 Å². The first-order chi connectivity index (χ1) is 14.0. The zero-order valence-electron chi connectivity index (χ0n) is 17.0. The summed E-state index contributed by atoms with van der Waals surface area (Å²) in [5, 5.41) is 0. The molecule has 0 amide bonds. The van der Waals surface area contributed by atoms with Crippen LogP contribution in [0.15, 0.2) is 89.8 Å². The number of benzene rings is 3. The molecule has 0 aliphatic heterocycles. The number of carbonyl (C=O) groups excluding carboxylic acids is 1. The van der Waals surface area contributed by atoms with Crippen molar-refractivity contribution in [3.05, 3.63) is 102 Å². The number of carbonyl (C=O) groups is 1. The third-order valence-electron chi connectivity index (χ3n) is 5.03. The Morgan fingerprint density at radius 1 is 0.828 bits per heavy atom. The van der Waals surface area contributed by atoms with E-state index in [1.807, 2.05) is 74.5 Å². The van der Waals surface area contributed by atoms with Crippen LogP contribution in [-0.2, 0) is 28.7 Å². The summed E-state index contributed by atoms with van der Waals surface area (Å²) in [6, 6.07) is 27.5. The van der Waals surface area contributed by atoms with E-state index in [2.05, 4.69) is 29.2 Å². The van der Waals surface area contributed by atoms with E-state index in [1.165, 1.54) is 0 Å². The Morgan fingerprint density at radius 2 is 1.31 bits per heavy atom. The van der Waals surface area contributed by atoms with Crippen LogP contribution < -0.4 is 0 Å². The molecule has 0 spiro atoms. The molecule has 0 saturated heterocycles. The molecule has 0 bridgehead atoms. The predicted molar refractivity (Wildman–Crippen MR) is 119 cm³/mol. The second kappa shape index (κ2) is 10.3. The molecule has 3 rings (SSSR count). The average Bonchev–Trinajstić information content (AvgIpc) is 2.74. The average molecular weight is 406 g/mol. The van der Waals surface area contributed by atoms with E-state index in [4.69, 9.17) is 0 Å². The summed E-state index contributed by atoms with van der Waals surface area (Å²) in [5.74, 6) is 0.0281. The number of nitrogens with zero attached hydrogens (tertiary/aromatic N) is 1. The third kappa shape index (κ3) is 6.21. The second-order valence-electron chi connectivity index (χ2n) is 7.32. The highest BCUT2D eigenvalue weighted by Crippen LogP contribution is 2.16. The van der Waals surface area contributed by atoms with Crippen LogP contribution in [0.1, 0.15) is 23.6 Å². The minimum atomic E-state index is -1.33. The topological polar surface area (TPSA) is 37.4 Å². The van der Waals surface area contributed by atoms with Crippen LogP contribution in [0.2, 0.25) is 0 Å². The van der Waals surface area contributed by atoms with Crippen molar-refractivity contribution in [1.82, 2.24) is 4.90 Å². The van der Waals surface area contributed by atoms with Gasteiger partial charge in [-0.05, 0) is 37.1 Å². The van der Waals surface area contributed by atoms with Gasteiger partial charge in [-0.15, -0.1) is 0 Å². The van der Waals surface area contributed by atoms with Crippen molar-refractivity contribution in [2.45, 2.75) is 37.9 Å². The van der Waals surface area contributed by atoms with Gasteiger partial charge in [0, 0.05) is 18.0 Å². The first-order valence-corrected chi connectivity index (χ1v) is 11.1. The zero-order valence-corrected chi connectivity index (χ0v) is 17.8. The minimum Gasteiger partial charge on any atom is -0.297 e. The molecule has 0 aliphatic carbocycles. The van der Waals surface area contributed by atoms with Crippen molar-refractivity contribution >= 4 is 16.6 Å². The Morgan fingerprint density at radius 3 is 1.79 bits per heavy atom. The summed E-state index contributed by atoms with van der Waals surface area (Å²) in [4.78, 5) is 15.8. The Balaban J connectivity index is 1.73. The van der Waals surface area contributed by atoms with Crippen molar-refractivity contribution in [2.75, 3.05) is 5.75 Å². The van der Waals surface area contributed by atoms with E-state index in [1.54, 1.807) is 0 Å². The van der Waals surface area contributed by atoms with Crippen molar-refractivity contribution in [2.24, 2.45) is 0 Å². The number of aryl methyl sites for hydroxylation is 1. The van der Waals surface area contributed by atoms with Gasteiger partial charge in [0.2, 0.25) is 0 Å². The maximum Gasteiger partial charge on any atom is 0.162 e. The number of ketones is 1.